The fourth-order valence-corrected chi connectivity index (χ4v) is 4.41. The summed E-state index contributed by atoms with van der Waals surface area (Å²) in [5.41, 5.74) is 2.90. The van der Waals surface area contributed by atoms with E-state index in [2.05, 4.69) is 5.32 Å². The minimum atomic E-state index is -3.77. The van der Waals surface area contributed by atoms with E-state index >= 15 is 0 Å². The van der Waals surface area contributed by atoms with Crippen molar-refractivity contribution in [3.05, 3.63) is 63.2 Å². The molecule has 0 heterocycles. The monoisotopic (exact) mass is 419 g/mol. The number of anilines is 2. The first-order chi connectivity index (χ1) is 13.4. The summed E-state index contributed by atoms with van der Waals surface area (Å²) in [6.07, 6.45) is 1.28. The van der Waals surface area contributed by atoms with Crippen molar-refractivity contribution in [1.82, 2.24) is 0 Å². The van der Waals surface area contributed by atoms with Gasteiger partial charge >= 0.3 is 0 Å². The second kappa shape index (κ2) is 8.60. The van der Waals surface area contributed by atoms with Crippen molar-refractivity contribution < 1.29 is 18.1 Å². The Labute approximate surface area is 170 Å². The summed E-state index contributed by atoms with van der Waals surface area (Å²) in [6, 6.07) is 8.47. The van der Waals surface area contributed by atoms with Crippen molar-refractivity contribution in [3.63, 3.8) is 0 Å². The van der Waals surface area contributed by atoms with E-state index in [1.54, 1.807) is 26.0 Å². The molecule has 0 bridgehead atoms. The Balaban J connectivity index is 2.47. The van der Waals surface area contributed by atoms with Crippen LogP contribution < -0.4 is 9.62 Å². The van der Waals surface area contributed by atoms with Gasteiger partial charge in [0.1, 0.15) is 6.04 Å². The number of aryl methyl sites for hydroxylation is 3. The van der Waals surface area contributed by atoms with Crippen LogP contribution >= 0.6 is 0 Å². The van der Waals surface area contributed by atoms with Gasteiger partial charge in [-0.25, -0.2) is 8.42 Å². The van der Waals surface area contributed by atoms with Gasteiger partial charge in [0.25, 0.3) is 5.69 Å². The molecule has 0 saturated carbocycles. The zero-order valence-electron chi connectivity index (χ0n) is 17.1. The minimum absolute atomic E-state index is 0.159. The van der Waals surface area contributed by atoms with Gasteiger partial charge in [0.15, 0.2) is 0 Å². The molecule has 0 aliphatic heterocycles. The first kappa shape index (κ1) is 22.4. The molecule has 0 aliphatic rings. The number of amides is 1. The number of nitro benzene ring substituents is 1. The first-order valence-corrected chi connectivity index (χ1v) is 10.9. The molecule has 1 amide bonds. The summed E-state index contributed by atoms with van der Waals surface area (Å²) in [4.78, 5) is 23.5. The lowest BCUT2D eigenvalue weighted by Gasteiger charge is -2.30. The number of nitro groups is 1. The molecular formula is C20H25N3O5S. The van der Waals surface area contributed by atoms with Crippen LogP contribution in [0, 0.1) is 30.9 Å². The third-order valence-electron chi connectivity index (χ3n) is 4.48. The molecule has 156 valence electrons. The van der Waals surface area contributed by atoms with Gasteiger partial charge in [-0.3, -0.25) is 19.2 Å². The SMILES string of the molecule is CC[C@@H](C(=O)Nc1cc([N+](=O)[O-])ccc1C)N(c1cc(C)cc(C)c1)S(C)(=O)=O. The van der Waals surface area contributed by atoms with Crippen LogP contribution in [0.25, 0.3) is 0 Å². The average molecular weight is 420 g/mol. The molecule has 0 radical (unpaired) electrons. The van der Waals surface area contributed by atoms with Crippen LogP contribution in [0.4, 0.5) is 17.1 Å². The summed E-state index contributed by atoms with van der Waals surface area (Å²) in [5.74, 6) is -0.555. The number of benzene rings is 2. The largest absolute Gasteiger partial charge is 0.324 e. The second-order valence-corrected chi connectivity index (χ2v) is 8.93. The average Bonchev–Trinajstić information content (AvgIpc) is 2.58. The Morgan fingerprint density at radius 3 is 2.21 bits per heavy atom. The number of carbonyl (C=O) groups is 1. The highest BCUT2D eigenvalue weighted by Crippen LogP contribution is 2.27. The maximum atomic E-state index is 13.0. The Kier molecular flexibility index (Phi) is 6.63. The van der Waals surface area contributed by atoms with Crippen molar-refractivity contribution in [2.24, 2.45) is 0 Å². The standard InChI is InChI=1S/C20H25N3O5S/c1-6-19(20(24)21-18-12-16(23(25)26)8-7-15(18)4)22(29(5,27)28)17-10-13(2)9-14(3)11-17/h7-12,19H,6H2,1-5H3,(H,21,24)/t19-/m0/s1. The highest BCUT2D eigenvalue weighted by atomic mass is 32.2. The molecule has 0 saturated heterocycles. The number of non-ortho nitro benzene ring substituents is 1. The van der Waals surface area contributed by atoms with Gasteiger partial charge in [0, 0.05) is 12.1 Å². The van der Waals surface area contributed by atoms with E-state index in [1.165, 1.54) is 18.2 Å². The van der Waals surface area contributed by atoms with Crippen molar-refractivity contribution >= 4 is 33.0 Å². The van der Waals surface area contributed by atoms with E-state index in [-0.39, 0.29) is 17.8 Å². The van der Waals surface area contributed by atoms with E-state index < -0.39 is 26.9 Å². The van der Waals surface area contributed by atoms with Crippen molar-refractivity contribution in [1.29, 1.82) is 0 Å². The molecule has 2 aromatic rings. The smallest absolute Gasteiger partial charge is 0.271 e. The molecule has 2 rings (SSSR count). The third-order valence-corrected chi connectivity index (χ3v) is 5.66. The van der Waals surface area contributed by atoms with E-state index in [4.69, 9.17) is 0 Å². The molecule has 0 aromatic heterocycles. The molecular weight excluding hydrogens is 394 g/mol. The normalized spacial score (nSPS) is 12.3. The van der Waals surface area contributed by atoms with Gasteiger partial charge in [0.2, 0.25) is 15.9 Å². The van der Waals surface area contributed by atoms with E-state index in [0.29, 0.717) is 11.3 Å². The van der Waals surface area contributed by atoms with Crippen LogP contribution in [0.2, 0.25) is 0 Å². The summed E-state index contributed by atoms with van der Waals surface area (Å²) in [6.45, 7) is 7.12. The summed E-state index contributed by atoms with van der Waals surface area (Å²) in [7, 11) is -3.77. The number of hydrogen-bond acceptors (Lipinski definition) is 5. The summed E-state index contributed by atoms with van der Waals surface area (Å²) in [5, 5.41) is 13.7. The van der Waals surface area contributed by atoms with E-state index in [1.807, 2.05) is 19.9 Å². The van der Waals surface area contributed by atoms with Crippen LogP contribution in [0.15, 0.2) is 36.4 Å². The van der Waals surface area contributed by atoms with Gasteiger partial charge in [-0.1, -0.05) is 19.1 Å². The molecule has 0 spiro atoms. The molecule has 9 heteroatoms. The molecule has 0 unspecified atom stereocenters. The molecule has 29 heavy (non-hydrogen) atoms. The maximum Gasteiger partial charge on any atom is 0.271 e. The lowest BCUT2D eigenvalue weighted by Crippen LogP contribution is -2.47. The fraction of sp³-hybridized carbons (Fsp3) is 0.350. The van der Waals surface area contributed by atoms with Crippen molar-refractivity contribution in [2.45, 2.75) is 40.2 Å². The zero-order valence-corrected chi connectivity index (χ0v) is 17.9. The Morgan fingerprint density at radius 2 is 1.72 bits per heavy atom. The molecule has 8 nitrogen and oxygen atoms in total. The van der Waals surface area contributed by atoms with Crippen LogP contribution in [-0.4, -0.2) is 31.5 Å². The van der Waals surface area contributed by atoms with Gasteiger partial charge in [-0.05, 0) is 56.0 Å². The molecule has 2 aromatic carbocycles. The Hall–Kier alpha value is -2.94. The maximum absolute atomic E-state index is 13.0. The lowest BCUT2D eigenvalue weighted by molar-refractivity contribution is -0.384. The Bertz CT molecular complexity index is 1030. The minimum Gasteiger partial charge on any atom is -0.324 e. The van der Waals surface area contributed by atoms with Gasteiger partial charge in [0.05, 0.1) is 22.6 Å². The number of nitrogens with one attached hydrogen (secondary N) is 1. The molecule has 1 atom stereocenters. The number of sulfonamides is 1. The predicted molar refractivity (Wildman–Crippen MR) is 114 cm³/mol. The fourth-order valence-electron chi connectivity index (χ4n) is 3.21. The highest BCUT2D eigenvalue weighted by Gasteiger charge is 2.32. The van der Waals surface area contributed by atoms with Gasteiger partial charge in [-0.2, -0.15) is 0 Å². The highest BCUT2D eigenvalue weighted by molar-refractivity contribution is 7.92. The molecule has 0 fully saturated rings. The number of nitrogens with zero attached hydrogens (tertiary/aromatic N) is 2. The van der Waals surface area contributed by atoms with Crippen LogP contribution in [0.1, 0.15) is 30.0 Å². The van der Waals surface area contributed by atoms with Gasteiger partial charge in [-0.15, -0.1) is 0 Å². The van der Waals surface area contributed by atoms with Crippen LogP contribution in [0.3, 0.4) is 0 Å². The summed E-state index contributed by atoms with van der Waals surface area (Å²) < 4.78 is 26.3. The Morgan fingerprint density at radius 1 is 1.14 bits per heavy atom. The van der Waals surface area contributed by atoms with Gasteiger partial charge < -0.3 is 5.32 Å². The molecule has 1 N–H and O–H groups in total. The summed E-state index contributed by atoms with van der Waals surface area (Å²) >= 11 is 0. The zero-order chi connectivity index (χ0) is 21.9. The number of carbonyl (C=O) groups excluding carboxylic acids is 1. The first-order valence-electron chi connectivity index (χ1n) is 9.07. The van der Waals surface area contributed by atoms with Crippen LogP contribution in [-0.2, 0) is 14.8 Å². The quantitative estimate of drug-likeness (QED) is 0.543. The van der Waals surface area contributed by atoms with Crippen molar-refractivity contribution in [3.8, 4) is 0 Å². The van der Waals surface area contributed by atoms with Crippen molar-refractivity contribution in [2.75, 3.05) is 15.9 Å². The van der Waals surface area contributed by atoms with Crippen LogP contribution in [0.5, 0.6) is 0 Å². The van der Waals surface area contributed by atoms with E-state index in [0.717, 1.165) is 21.7 Å². The molecule has 0 aliphatic carbocycles. The predicted octanol–water partition coefficient (Wildman–Crippen LogP) is 3.70. The number of hydrogen-bond donors (Lipinski definition) is 1. The third kappa shape index (κ3) is 5.32. The second-order valence-electron chi connectivity index (χ2n) is 7.07. The van der Waals surface area contributed by atoms with E-state index in [9.17, 15) is 23.3 Å². The lowest BCUT2D eigenvalue weighted by atomic mass is 10.1. The topological polar surface area (TPSA) is 110 Å². The number of rotatable bonds is 7.